The van der Waals surface area contributed by atoms with Crippen molar-refractivity contribution in [3.63, 3.8) is 0 Å². The lowest BCUT2D eigenvalue weighted by molar-refractivity contribution is 0.102. The first-order valence-corrected chi connectivity index (χ1v) is 7.56. The second kappa shape index (κ2) is 6.59. The van der Waals surface area contributed by atoms with E-state index < -0.39 is 6.10 Å². The van der Waals surface area contributed by atoms with E-state index in [1.807, 2.05) is 42.7 Å². The zero-order valence-corrected chi connectivity index (χ0v) is 12.3. The minimum absolute atomic E-state index is 0.141. The highest BCUT2D eigenvalue weighted by molar-refractivity contribution is 7.98. The SMILES string of the molecule is CSc1ccccc1C(=O)Nc1cccc([C@H](C)O)c1. The van der Waals surface area contributed by atoms with Crippen LogP contribution in [0.3, 0.4) is 0 Å². The Kier molecular flexibility index (Phi) is 4.82. The first-order chi connectivity index (χ1) is 9.61. The Labute approximate surface area is 123 Å². The summed E-state index contributed by atoms with van der Waals surface area (Å²) in [6.45, 7) is 1.70. The number of anilines is 1. The van der Waals surface area contributed by atoms with E-state index in [1.165, 1.54) is 0 Å². The molecule has 0 aliphatic rings. The van der Waals surface area contributed by atoms with Gasteiger partial charge in [0.2, 0.25) is 0 Å². The van der Waals surface area contributed by atoms with E-state index in [4.69, 9.17) is 0 Å². The van der Waals surface area contributed by atoms with Crippen molar-refractivity contribution in [2.24, 2.45) is 0 Å². The van der Waals surface area contributed by atoms with Crippen molar-refractivity contribution < 1.29 is 9.90 Å². The van der Waals surface area contributed by atoms with Crippen LogP contribution in [0.2, 0.25) is 0 Å². The molecule has 3 nitrogen and oxygen atoms in total. The van der Waals surface area contributed by atoms with E-state index in [1.54, 1.807) is 30.8 Å². The van der Waals surface area contributed by atoms with Crippen LogP contribution in [0.4, 0.5) is 5.69 Å². The Morgan fingerprint density at radius 2 is 1.95 bits per heavy atom. The fraction of sp³-hybridized carbons (Fsp3) is 0.188. The lowest BCUT2D eigenvalue weighted by Crippen LogP contribution is -2.13. The molecule has 0 saturated heterocycles. The summed E-state index contributed by atoms with van der Waals surface area (Å²) in [5, 5.41) is 12.4. The number of thioether (sulfide) groups is 1. The molecular formula is C16H17NO2S. The summed E-state index contributed by atoms with van der Waals surface area (Å²) in [6.07, 6.45) is 1.39. The molecule has 104 valence electrons. The summed E-state index contributed by atoms with van der Waals surface area (Å²) in [6, 6.07) is 14.7. The number of carbonyl (C=O) groups is 1. The van der Waals surface area contributed by atoms with Crippen LogP contribution in [0.5, 0.6) is 0 Å². The largest absolute Gasteiger partial charge is 0.389 e. The normalized spacial score (nSPS) is 11.9. The maximum absolute atomic E-state index is 12.3. The highest BCUT2D eigenvalue weighted by Gasteiger charge is 2.11. The van der Waals surface area contributed by atoms with Gasteiger partial charge in [-0.25, -0.2) is 0 Å². The number of nitrogens with one attached hydrogen (secondary N) is 1. The molecule has 2 aromatic rings. The number of benzene rings is 2. The number of hydrogen-bond donors (Lipinski definition) is 2. The van der Waals surface area contributed by atoms with Gasteiger partial charge in [-0.05, 0) is 43.0 Å². The minimum atomic E-state index is -0.551. The summed E-state index contributed by atoms with van der Waals surface area (Å²) in [5.41, 5.74) is 2.12. The van der Waals surface area contributed by atoms with E-state index in [-0.39, 0.29) is 5.91 Å². The third-order valence-corrected chi connectivity index (χ3v) is 3.77. The molecule has 0 aliphatic heterocycles. The predicted molar refractivity (Wildman–Crippen MR) is 83.3 cm³/mol. The summed E-state index contributed by atoms with van der Waals surface area (Å²) in [4.78, 5) is 13.2. The highest BCUT2D eigenvalue weighted by Crippen LogP contribution is 2.22. The summed E-state index contributed by atoms with van der Waals surface area (Å²) < 4.78 is 0. The smallest absolute Gasteiger partial charge is 0.256 e. The summed E-state index contributed by atoms with van der Waals surface area (Å²) in [5.74, 6) is -0.141. The minimum Gasteiger partial charge on any atom is -0.389 e. The first kappa shape index (κ1) is 14.6. The Morgan fingerprint density at radius 3 is 2.65 bits per heavy atom. The molecule has 4 heteroatoms. The van der Waals surface area contributed by atoms with Gasteiger partial charge in [0.1, 0.15) is 0 Å². The lowest BCUT2D eigenvalue weighted by atomic mass is 10.1. The molecule has 0 saturated carbocycles. The third-order valence-electron chi connectivity index (χ3n) is 2.98. The zero-order chi connectivity index (χ0) is 14.5. The predicted octanol–water partition coefficient (Wildman–Crippen LogP) is 3.71. The van der Waals surface area contributed by atoms with E-state index in [9.17, 15) is 9.90 Å². The van der Waals surface area contributed by atoms with Gasteiger partial charge in [0.15, 0.2) is 0 Å². The molecule has 1 atom stereocenters. The van der Waals surface area contributed by atoms with Crippen molar-refractivity contribution >= 4 is 23.4 Å². The van der Waals surface area contributed by atoms with Gasteiger partial charge in [0, 0.05) is 10.6 Å². The average Bonchev–Trinajstić information content (AvgIpc) is 2.47. The lowest BCUT2D eigenvalue weighted by Gasteiger charge is -2.10. The van der Waals surface area contributed by atoms with Crippen LogP contribution in [0.1, 0.15) is 28.9 Å². The number of amides is 1. The third kappa shape index (κ3) is 3.40. The molecule has 0 bridgehead atoms. The molecule has 0 heterocycles. The van der Waals surface area contributed by atoms with Gasteiger partial charge < -0.3 is 10.4 Å². The molecule has 0 radical (unpaired) electrons. The van der Waals surface area contributed by atoms with Gasteiger partial charge in [-0.15, -0.1) is 11.8 Å². The van der Waals surface area contributed by atoms with E-state index in [2.05, 4.69) is 5.32 Å². The molecule has 2 aromatic carbocycles. The Morgan fingerprint density at radius 1 is 1.20 bits per heavy atom. The van der Waals surface area contributed by atoms with E-state index in [0.29, 0.717) is 11.3 Å². The molecule has 2 N–H and O–H groups in total. The maximum Gasteiger partial charge on any atom is 0.256 e. The van der Waals surface area contributed by atoms with Crippen molar-refractivity contribution in [3.8, 4) is 0 Å². The molecular weight excluding hydrogens is 270 g/mol. The summed E-state index contributed by atoms with van der Waals surface area (Å²) >= 11 is 1.54. The molecule has 2 rings (SSSR count). The quantitative estimate of drug-likeness (QED) is 0.843. The zero-order valence-electron chi connectivity index (χ0n) is 11.5. The fourth-order valence-electron chi connectivity index (χ4n) is 1.91. The molecule has 0 fully saturated rings. The van der Waals surface area contributed by atoms with Gasteiger partial charge in [0.05, 0.1) is 11.7 Å². The van der Waals surface area contributed by atoms with Crippen LogP contribution in [0.15, 0.2) is 53.4 Å². The number of rotatable bonds is 4. The molecule has 0 unspecified atom stereocenters. The number of aliphatic hydroxyl groups excluding tert-OH is 1. The average molecular weight is 287 g/mol. The van der Waals surface area contributed by atoms with Crippen LogP contribution in [-0.2, 0) is 0 Å². The molecule has 20 heavy (non-hydrogen) atoms. The monoisotopic (exact) mass is 287 g/mol. The highest BCUT2D eigenvalue weighted by atomic mass is 32.2. The van der Waals surface area contributed by atoms with E-state index in [0.717, 1.165) is 10.5 Å². The van der Waals surface area contributed by atoms with Gasteiger partial charge in [-0.3, -0.25) is 4.79 Å². The van der Waals surface area contributed by atoms with Gasteiger partial charge >= 0.3 is 0 Å². The van der Waals surface area contributed by atoms with Crippen LogP contribution >= 0.6 is 11.8 Å². The second-order valence-corrected chi connectivity index (χ2v) is 5.30. The van der Waals surface area contributed by atoms with Crippen molar-refractivity contribution in [3.05, 3.63) is 59.7 Å². The Balaban J connectivity index is 2.21. The Bertz CT molecular complexity index is 611. The standard InChI is InChI=1S/C16H17NO2S/c1-11(18)12-6-5-7-13(10-12)17-16(19)14-8-3-4-9-15(14)20-2/h3-11,18H,1-2H3,(H,17,19)/t11-/m0/s1. The van der Waals surface area contributed by atoms with Crippen molar-refractivity contribution in [1.82, 2.24) is 0 Å². The van der Waals surface area contributed by atoms with Crippen LogP contribution < -0.4 is 5.32 Å². The fourth-order valence-corrected chi connectivity index (χ4v) is 2.50. The van der Waals surface area contributed by atoms with Crippen LogP contribution in [0.25, 0.3) is 0 Å². The van der Waals surface area contributed by atoms with Crippen molar-refractivity contribution in [1.29, 1.82) is 0 Å². The molecule has 0 spiro atoms. The number of aliphatic hydroxyl groups is 1. The van der Waals surface area contributed by atoms with Crippen LogP contribution in [0, 0.1) is 0 Å². The van der Waals surface area contributed by atoms with Gasteiger partial charge in [0.25, 0.3) is 5.91 Å². The number of hydrogen-bond acceptors (Lipinski definition) is 3. The van der Waals surface area contributed by atoms with Crippen LogP contribution in [-0.4, -0.2) is 17.3 Å². The maximum atomic E-state index is 12.3. The number of carbonyl (C=O) groups excluding carboxylic acids is 1. The Hall–Kier alpha value is -1.78. The molecule has 0 aliphatic carbocycles. The second-order valence-electron chi connectivity index (χ2n) is 4.46. The van der Waals surface area contributed by atoms with E-state index >= 15 is 0 Å². The first-order valence-electron chi connectivity index (χ1n) is 6.34. The van der Waals surface area contributed by atoms with Gasteiger partial charge in [-0.2, -0.15) is 0 Å². The van der Waals surface area contributed by atoms with Crippen molar-refractivity contribution in [2.75, 3.05) is 11.6 Å². The summed E-state index contributed by atoms with van der Waals surface area (Å²) in [7, 11) is 0. The van der Waals surface area contributed by atoms with Crippen molar-refractivity contribution in [2.45, 2.75) is 17.9 Å². The topological polar surface area (TPSA) is 49.3 Å². The molecule has 0 aromatic heterocycles. The van der Waals surface area contributed by atoms with Gasteiger partial charge in [-0.1, -0.05) is 24.3 Å². The molecule has 1 amide bonds.